The van der Waals surface area contributed by atoms with E-state index in [0.29, 0.717) is 5.92 Å². The van der Waals surface area contributed by atoms with Gasteiger partial charge in [0.15, 0.2) is 0 Å². The molecule has 0 saturated heterocycles. The standard InChI is InChI=1S/C17H20N/c1-2-3-5-12-16(15-10-6-4-7-11-15)17-13-8-9-14-18-17/h4,6-11,14,16H,2-3,5,12H2,1H3. The van der Waals surface area contributed by atoms with Crippen LogP contribution in [0, 0.1) is 6.07 Å². The molecule has 0 saturated carbocycles. The van der Waals surface area contributed by atoms with E-state index in [1.54, 1.807) is 0 Å². The van der Waals surface area contributed by atoms with Crippen molar-refractivity contribution in [1.29, 1.82) is 0 Å². The molecule has 0 aliphatic rings. The van der Waals surface area contributed by atoms with Crippen LogP contribution in [0.4, 0.5) is 0 Å². The highest BCUT2D eigenvalue weighted by atomic mass is 14.7. The van der Waals surface area contributed by atoms with Crippen LogP contribution in [0.5, 0.6) is 0 Å². The van der Waals surface area contributed by atoms with E-state index in [9.17, 15) is 0 Å². The summed E-state index contributed by atoms with van der Waals surface area (Å²) >= 11 is 0. The lowest BCUT2D eigenvalue weighted by Crippen LogP contribution is -2.03. The van der Waals surface area contributed by atoms with E-state index in [0.717, 1.165) is 12.1 Å². The minimum atomic E-state index is 0.388. The van der Waals surface area contributed by atoms with Gasteiger partial charge in [0, 0.05) is 18.2 Å². The topological polar surface area (TPSA) is 12.9 Å². The van der Waals surface area contributed by atoms with E-state index < -0.39 is 0 Å². The Labute approximate surface area is 110 Å². The molecule has 1 nitrogen and oxygen atoms in total. The Hall–Kier alpha value is -1.63. The minimum absolute atomic E-state index is 0.388. The number of pyridine rings is 1. The fourth-order valence-electron chi connectivity index (χ4n) is 2.27. The summed E-state index contributed by atoms with van der Waals surface area (Å²) in [6, 6.07) is 17.8. The second kappa shape index (κ2) is 6.95. The van der Waals surface area contributed by atoms with Gasteiger partial charge in [0.1, 0.15) is 0 Å². The van der Waals surface area contributed by atoms with Gasteiger partial charge in [0.05, 0.1) is 5.69 Å². The van der Waals surface area contributed by atoms with Crippen molar-refractivity contribution < 1.29 is 0 Å². The van der Waals surface area contributed by atoms with Gasteiger partial charge < -0.3 is 0 Å². The van der Waals surface area contributed by atoms with Crippen molar-refractivity contribution in [3.63, 3.8) is 0 Å². The van der Waals surface area contributed by atoms with E-state index in [2.05, 4.69) is 48.3 Å². The molecule has 1 heterocycles. The molecule has 0 fully saturated rings. The molecule has 18 heavy (non-hydrogen) atoms. The Morgan fingerprint density at radius 3 is 2.61 bits per heavy atom. The first-order chi connectivity index (χ1) is 8.92. The predicted octanol–water partition coefficient (Wildman–Crippen LogP) is 4.59. The van der Waals surface area contributed by atoms with Crippen LogP contribution in [0.25, 0.3) is 0 Å². The zero-order chi connectivity index (χ0) is 12.6. The molecular formula is C17H20N. The second-order valence-electron chi connectivity index (χ2n) is 4.63. The zero-order valence-corrected chi connectivity index (χ0v) is 11.0. The summed E-state index contributed by atoms with van der Waals surface area (Å²) in [6.45, 7) is 2.24. The quantitative estimate of drug-likeness (QED) is 0.670. The van der Waals surface area contributed by atoms with Crippen molar-refractivity contribution in [2.45, 2.75) is 38.5 Å². The zero-order valence-electron chi connectivity index (χ0n) is 11.0. The third-order valence-corrected chi connectivity index (χ3v) is 3.26. The smallest absolute Gasteiger partial charge is 0.0557 e. The van der Waals surface area contributed by atoms with Gasteiger partial charge in [-0.25, -0.2) is 0 Å². The van der Waals surface area contributed by atoms with Crippen LogP contribution < -0.4 is 0 Å². The van der Waals surface area contributed by atoms with Crippen LogP contribution in [0.3, 0.4) is 0 Å². The number of nitrogens with zero attached hydrogens (tertiary/aromatic N) is 1. The monoisotopic (exact) mass is 238 g/mol. The van der Waals surface area contributed by atoms with Gasteiger partial charge in [0.25, 0.3) is 0 Å². The molecule has 0 aliphatic carbocycles. The number of rotatable bonds is 6. The van der Waals surface area contributed by atoms with Crippen molar-refractivity contribution in [2.75, 3.05) is 0 Å². The van der Waals surface area contributed by atoms with Crippen LogP contribution >= 0.6 is 0 Å². The molecule has 2 aromatic rings. The minimum Gasteiger partial charge on any atom is -0.260 e. The van der Waals surface area contributed by atoms with Crippen LogP contribution in [-0.4, -0.2) is 4.98 Å². The molecule has 0 N–H and O–H groups in total. The highest BCUT2D eigenvalue weighted by Gasteiger charge is 2.14. The maximum Gasteiger partial charge on any atom is 0.0557 e. The van der Waals surface area contributed by atoms with E-state index in [4.69, 9.17) is 0 Å². The van der Waals surface area contributed by atoms with Gasteiger partial charge >= 0.3 is 0 Å². The molecule has 0 aliphatic heterocycles. The first kappa shape index (κ1) is 12.8. The van der Waals surface area contributed by atoms with Crippen LogP contribution in [0.2, 0.25) is 0 Å². The Morgan fingerprint density at radius 2 is 1.94 bits per heavy atom. The molecule has 93 valence electrons. The fraction of sp³-hybridized carbons (Fsp3) is 0.353. The summed E-state index contributed by atoms with van der Waals surface area (Å²) in [5.41, 5.74) is 2.42. The summed E-state index contributed by atoms with van der Waals surface area (Å²) in [4.78, 5) is 4.48. The van der Waals surface area contributed by atoms with Crippen molar-refractivity contribution >= 4 is 0 Å². The normalized spacial score (nSPS) is 12.3. The molecule has 1 atom stereocenters. The Bertz CT molecular complexity index is 396. The first-order valence-corrected chi connectivity index (χ1v) is 6.79. The van der Waals surface area contributed by atoms with Crippen LogP contribution in [-0.2, 0) is 0 Å². The third-order valence-electron chi connectivity index (χ3n) is 3.26. The number of benzene rings is 1. The second-order valence-corrected chi connectivity index (χ2v) is 4.63. The van der Waals surface area contributed by atoms with Crippen molar-refractivity contribution in [3.05, 3.63) is 66.0 Å². The number of aromatic nitrogens is 1. The van der Waals surface area contributed by atoms with Gasteiger partial charge in [-0.1, -0.05) is 62.6 Å². The molecule has 1 heteroatoms. The van der Waals surface area contributed by atoms with Crippen molar-refractivity contribution in [2.24, 2.45) is 0 Å². The summed E-state index contributed by atoms with van der Waals surface area (Å²) in [5, 5.41) is 0. The van der Waals surface area contributed by atoms with Gasteiger partial charge in [0.2, 0.25) is 0 Å². The van der Waals surface area contributed by atoms with Gasteiger partial charge in [-0.2, -0.15) is 0 Å². The molecule has 0 spiro atoms. The molecule has 1 aromatic heterocycles. The van der Waals surface area contributed by atoms with E-state index >= 15 is 0 Å². The highest BCUT2D eigenvalue weighted by Crippen LogP contribution is 2.28. The highest BCUT2D eigenvalue weighted by molar-refractivity contribution is 5.27. The molecule has 1 aromatic carbocycles. The maximum absolute atomic E-state index is 4.48. The van der Waals surface area contributed by atoms with Crippen molar-refractivity contribution in [3.8, 4) is 0 Å². The Morgan fingerprint density at radius 1 is 1.11 bits per heavy atom. The first-order valence-electron chi connectivity index (χ1n) is 6.79. The molecule has 0 amide bonds. The number of unbranched alkanes of at least 4 members (excludes halogenated alkanes) is 2. The lowest BCUT2D eigenvalue weighted by Gasteiger charge is -2.16. The summed E-state index contributed by atoms with van der Waals surface area (Å²) < 4.78 is 0. The van der Waals surface area contributed by atoms with Gasteiger partial charge in [-0.3, -0.25) is 4.98 Å². The van der Waals surface area contributed by atoms with E-state index in [1.165, 1.54) is 24.8 Å². The van der Waals surface area contributed by atoms with Gasteiger partial charge in [-0.05, 0) is 18.1 Å². The van der Waals surface area contributed by atoms with E-state index in [-0.39, 0.29) is 0 Å². The maximum atomic E-state index is 4.48. The summed E-state index contributed by atoms with van der Waals surface area (Å²) in [7, 11) is 0. The Kier molecular flexibility index (Phi) is 4.95. The molecule has 1 radical (unpaired) electrons. The average molecular weight is 238 g/mol. The molecule has 2 rings (SSSR count). The molecule has 1 unspecified atom stereocenters. The average Bonchev–Trinajstić information content (AvgIpc) is 2.46. The molecular weight excluding hydrogens is 218 g/mol. The summed E-state index contributed by atoms with van der Waals surface area (Å²) in [5.74, 6) is 0.388. The number of hydrogen-bond acceptors (Lipinski definition) is 1. The lowest BCUT2D eigenvalue weighted by atomic mass is 9.90. The molecule has 0 bridgehead atoms. The number of hydrogen-bond donors (Lipinski definition) is 0. The largest absolute Gasteiger partial charge is 0.260 e. The summed E-state index contributed by atoms with van der Waals surface area (Å²) in [6.07, 6.45) is 6.82. The van der Waals surface area contributed by atoms with Crippen molar-refractivity contribution in [1.82, 2.24) is 4.98 Å². The van der Waals surface area contributed by atoms with Gasteiger partial charge in [-0.15, -0.1) is 0 Å². The van der Waals surface area contributed by atoms with Crippen LogP contribution in [0.15, 0.2) is 48.7 Å². The predicted molar refractivity (Wildman–Crippen MR) is 75.5 cm³/mol. The fourth-order valence-corrected chi connectivity index (χ4v) is 2.27. The lowest BCUT2D eigenvalue weighted by molar-refractivity contribution is 0.609. The SMILES string of the molecule is CCCCCC(c1ccccc1)c1[c]cccn1. The van der Waals surface area contributed by atoms with Crippen LogP contribution in [0.1, 0.15) is 49.8 Å². The third kappa shape index (κ3) is 3.43. The Balaban J connectivity index is 2.18. The van der Waals surface area contributed by atoms with E-state index in [1.807, 2.05) is 18.3 Å².